The van der Waals surface area contributed by atoms with E-state index in [2.05, 4.69) is 4.98 Å². The van der Waals surface area contributed by atoms with Crippen LogP contribution in [0, 0.1) is 0 Å². The maximum atomic E-state index is 13.1. The number of carbonyl (C=O) groups excluding carboxylic acids is 1. The van der Waals surface area contributed by atoms with Crippen molar-refractivity contribution in [2.75, 3.05) is 26.2 Å². The van der Waals surface area contributed by atoms with E-state index in [4.69, 9.17) is 11.6 Å². The SMILES string of the molecule is O=C(c1ccc2ccccc2n1)N1CCN(S(=O)(=O)c2ccc(Cl)c(C(F)(F)F)c2)CC1. The molecule has 11 heteroatoms. The summed E-state index contributed by atoms with van der Waals surface area (Å²) >= 11 is 5.59. The second-order valence-corrected chi connectivity index (χ2v) is 9.57. The van der Waals surface area contributed by atoms with Crippen LogP contribution in [0.3, 0.4) is 0 Å². The Morgan fingerprint density at radius 1 is 0.969 bits per heavy atom. The van der Waals surface area contributed by atoms with Gasteiger partial charge in [-0.15, -0.1) is 0 Å². The molecule has 1 aliphatic heterocycles. The van der Waals surface area contributed by atoms with Gasteiger partial charge in [0.2, 0.25) is 10.0 Å². The number of pyridine rings is 1. The maximum absolute atomic E-state index is 13.1. The number of carbonyl (C=O) groups is 1. The van der Waals surface area contributed by atoms with E-state index >= 15 is 0 Å². The van der Waals surface area contributed by atoms with Crippen molar-refractivity contribution < 1.29 is 26.4 Å². The van der Waals surface area contributed by atoms with E-state index in [0.29, 0.717) is 11.6 Å². The molecule has 2 aromatic carbocycles. The molecule has 0 atom stereocenters. The smallest absolute Gasteiger partial charge is 0.335 e. The molecule has 168 valence electrons. The lowest BCUT2D eigenvalue weighted by Crippen LogP contribution is -2.50. The van der Waals surface area contributed by atoms with Gasteiger partial charge in [-0.25, -0.2) is 13.4 Å². The first-order valence-corrected chi connectivity index (χ1v) is 11.4. The monoisotopic (exact) mass is 483 g/mol. The molecule has 0 unspecified atom stereocenters. The Morgan fingerprint density at radius 3 is 2.34 bits per heavy atom. The van der Waals surface area contributed by atoms with Gasteiger partial charge in [0.15, 0.2) is 0 Å². The molecular formula is C21H17ClF3N3O3S. The molecule has 1 aromatic heterocycles. The van der Waals surface area contributed by atoms with E-state index in [1.807, 2.05) is 18.2 Å². The zero-order valence-corrected chi connectivity index (χ0v) is 18.1. The lowest BCUT2D eigenvalue weighted by molar-refractivity contribution is -0.137. The third-order valence-electron chi connectivity index (χ3n) is 5.22. The molecule has 0 bridgehead atoms. The Hall–Kier alpha value is -2.69. The highest BCUT2D eigenvalue weighted by atomic mass is 35.5. The maximum Gasteiger partial charge on any atom is 0.417 e. The summed E-state index contributed by atoms with van der Waals surface area (Å²) in [5.74, 6) is -0.335. The quantitative estimate of drug-likeness (QED) is 0.563. The average Bonchev–Trinajstić information content (AvgIpc) is 2.77. The molecule has 0 spiro atoms. The third-order valence-corrected chi connectivity index (χ3v) is 7.45. The van der Waals surface area contributed by atoms with E-state index in [9.17, 15) is 26.4 Å². The summed E-state index contributed by atoms with van der Waals surface area (Å²) < 4.78 is 66.1. The van der Waals surface area contributed by atoms with Crippen molar-refractivity contribution in [3.63, 3.8) is 0 Å². The minimum absolute atomic E-state index is 0.0500. The van der Waals surface area contributed by atoms with Gasteiger partial charge in [-0.05, 0) is 30.3 Å². The molecule has 6 nitrogen and oxygen atoms in total. The fourth-order valence-corrected chi connectivity index (χ4v) is 5.18. The molecular weight excluding hydrogens is 467 g/mol. The largest absolute Gasteiger partial charge is 0.417 e. The number of benzene rings is 2. The fourth-order valence-electron chi connectivity index (χ4n) is 3.51. The Kier molecular flexibility index (Phi) is 5.87. The highest BCUT2D eigenvalue weighted by molar-refractivity contribution is 7.89. The van der Waals surface area contributed by atoms with Gasteiger partial charge in [0.1, 0.15) is 5.69 Å². The fraction of sp³-hybridized carbons (Fsp3) is 0.238. The standard InChI is InChI=1S/C21H17ClF3N3O3S/c22-17-7-6-15(13-16(17)21(23,24)25)32(30,31)28-11-9-27(10-12-28)20(29)19-8-5-14-3-1-2-4-18(14)26-19/h1-8,13H,9-12H2. The Balaban J connectivity index is 1.49. The van der Waals surface area contributed by atoms with Crippen LogP contribution in [-0.2, 0) is 16.2 Å². The van der Waals surface area contributed by atoms with Gasteiger partial charge in [-0.3, -0.25) is 4.79 Å². The van der Waals surface area contributed by atoms with Crippen molar-refractivity contribution in [2.45, 2.75) is 11.1 Å². The highest BCUT2D eigenvalue weighted by Crippen LogP contribution is 2.36. The van der Waals surface area contributed by atoms with Crippen molar-refractivity contribution in [3.05, 3.63) is 70.9 Å². The van der Waals surface area contributed by atoms with Gasteiger partial charge in [0, 0.05) is 31.6 Å². The zero-order chi connectivity index (χ0) is 23.1. The number of alkyl halides is 3. The summed E-state index contributed by atoms with van der Waals surface area (Å²) in [7, 11) is -4.18. The summed E-state index contributed by atoms with van der Waals surface area (Å²) in [4.78, 5) is 18.2. The highest BCUT2D eigenvalue weighted by Gasteiger charge is 2.36. The van der Waals surface area contributed by atoms with Gasteiger partial charge in [0.05, 0.1) is 21.0 Å². The number of piperazine rings is 1. The van der Waals surface area contributed by atoms with Gasteiger partial charge >= 0.3 is 6.18 Å². The summed E-state index contributed by atoms with van der Waals surface area (Å²) in [6.45, 7) is 0.0792. The van der Waals surface area contributed by atoms with Crippen molar-refractivity contribution >= 4 is 38.4 Å². The van der Waals surface area contributed by atoms with E-state index < -0.39 is 31.7 Å². The first-order valence-electron chi connectivity index (χ1n) is 9.59. The summed E-state index contributed by atoms with van der Waals surface area (Å²) in [6, 6.07) is 13.2. The van der Waals surface area contributed by atoms with Crippen LogP contribution in [0.15, 0.2) is 59.5 Å². The molecule has 0 aliphatic carbocycles. The topological polar surface area (TPSA) is 70.6 Å². The molecule has 0 N–H and O–H groups in total. The molecule has 1 aliphatic rings. The van der Waals surface area contributed by atoms with Crippen molar-refractivity contribution in [3.8, 4) is 0 Å². The number of nitrogens with zero attached hydrogens (tertiary/aromatic N) is 3. The number of aromatic nitrogens is 1. The molecule has 2 heterocycles. The Bertz CT molecular complexity index is 1290. The van der Waals surface area contributed by atoms with Gasteiger partial charge in [-0.2, -0.15) is 17.5 Å². The molecule has 0 saturated carbocycles. The van der Waals surface area contributed by atoms with E-state index in [-0.39, 0.29) is 37.8 Å². The average molecular weight is 484 g/mol. The van der Waals surface area contributed by atoms with Crippen molar-refractivity contribution in [2.24, 2.45) is 0 Å². The number of rotatable bonds is 3. The van der Waals surface area contributed by atoms with Crippen LogP contribution >= 0.6 is 11.6 Å². The molecule has 4 rings (SSSR count). The first-order chi connectivity index (χ1) is 15.1. The lowest BCUT2D eigenvalue weighted by atomic mass is 10.2. The molecule has 1 amide bonds. The minimum Gasteiger partial charge on any atom is -0.335 e. The third kappa shape index (κ3) is 4.30. The number of halogens is 4. The van der Waals surface area contributed by atoms with Crippen LogP contribution in [0.5, 0.6) is 0 Å². The van der Waals surface area contributed by atoms with Crippen LogP contribution < -0.4 is 0 Å². The minimum atomic E-state index is -4.78. The van der Waals surface area contributed by atoms with Crippen LogP contribution in [0.2, 0.25) is 5.02 Å². The summed E-state index contributed by atoms with van der Waals surface area (Å²) in [5.41, 5.74) is -0.299. The van der Waals surface area contributed by atoms with Gasteiger partial charge in [0.25, 0.3) is 5.91 Å². The first kappa shape index (κ1) is 22.5. The number of amides is 1. The predicted octanol–water partition coefficient (Wildman–Crippen LogP) is 4.05. The zero-order valence-electron chi connectivity index (χ0n) is 16.5. The van der Waals surface area contributed by atoms with E-state index in [1.165, 1.54) is 4.90 Å². The Morgan fingerprint density at radius 2 is 1.66 bits per heavy atom. The molecule has 1 fully saturated rings. The van der Waals surface area contributed by atoms with Crippen LogP contribution in [0.25, 0.3) is 10.9 Å². The van der Waals surface area contributed by atoms with E-state index in [0.717, 1.165) is 21.8 Å². The molecule has 3 aromatic rings. The second kappa shape index (κ2) is 8.34. The lowest BCUT2D eigenvalue weighted by Gasteiger charge is -2.34. The summed E-state index contributed by atoms with van der Waals surface area (Å²) in [5, 5.41) is 0.316. The van der Waals surface area contributed by atoms with Gasteiger partial charge < -0.3 is 4.90 Å². The number of hydrogen-bond acceptors (Lipinski definition) is 4. The summed E-state index contributed by atoms with van der Waals surface area (Å²) in [6.07, 6.45) is -4.78. The van der Waals surface area contributed by atoms with Crippen molar-refractivity contribution in [1.29, 1.82) is 0 Å². The molecule has 0 radical (unpaired) electrons. The second-order valence-electron chi connectivity index (χ2n) is 7.22. The van der Waals surface area contributed by atoms with E-state index in [1.54, 1.807) is 18.2 Å². The Labute approximate surface area is 187 Å². The van der Waals surface area contributed by atoms with Crippen LogP contribution in [-0.4, -0.2) is 54.7 Å². The number of para-hydroxylation sites is 1. The predicted molar refractivity (Wildman–Crippen MR) is 113 cm³/mol. The molecule has 32 heavy (non-hydrogen) atoms. The number of fused-ring (bicyclic) bond motifs is 1. The number of sulfonamides is 1. The number of hydrogen-bond donors (Lipinski definition) is 0. The molecule has 1 saturated heterocycles. The van der Waals surface area contributed by atoms with Crippen LogP contribution in [0.1, 0.15) is 16.1 Å². The normalized spacial score (nSPS) is 15.8. The van der Waals surface area contributed by atoms with Crippen LogP contribution in [0.4, 0.5) is 13.2 Å². The van der Waals surface area contributed by atoms with Crippen molar-refractivity contribution in [1.82, 2.24) is 14.2 Å². The van der Waals surface area contributed by atoms with Gasteiger partial charge in [-0.1, -0.05) is 35.9 Å².